The molecule has 0 aliphatic carbocycles. The second-order valence-corrected chi connectivity index (χ2v) is 10.0. The Hall–Kier alpha value is -0.513. The molecule has 0 bridgehead atoms. The van der Waals surface area contributed by atoms with Crippen molar-refractivity contribution in [3.05, 3.63) is 0 Å². The second kappa shape index (κ2) is 8.62. The highest BCUT2D eigenvalue weighted by Gasteiger charge is 2.25. The molecule has 0 spiro atoms. The zero-order valence-electron chi connectivity index (χ0n) is 11.0. The van der Waals surface area contributed by atoms with E-state index in [2.05, 4.69) is 20.4 Å². The lowest BCUT2D eigenvalue weighted by molar-refractivity contribution is 0.160. The van der Waals surface area contributed by atoms with E-state index in [1.807, 2.05) is 0 Å². The fourth-order valence-corrected chi connectivity index (χ4v) is 5.73. The summed E-state index contributed by atoms with van der Waals surface area (Å²) in [5.74, 6) is 0. The minimum atomic E-state index is -1.22. The van der Waals surface area contributed by atoms with E-state index >= 15 is 0 Å². The van der Waals surface area contributed by atoms with Gasteiger partial charge in [0.25, 0.3) is 0 Å². The van der Waals surface area contributed by atoms with E-state index < -0.39 is 14.2 Å². The summed E-state index contributed by atoms with van der Waals surface area (Å²) >= 11 is 0. The van der Waals surface area contributed by atoms with Gasteiger partial charge in [-0.05, 0) is 6.04 Å². The number of amides is 1. The van der Waals surface area contributed by atoms with Gasteiger partial charge < -0.3 is 4.74 Å². The molecule has 16 heavy (non-hydrogen) atoms. The van der Waals surface area contributed by atoms with Crippen LogP contribution in [0.4, 0.5) is 4.79 Å². The molecule has 0 unspecified atom stereocenters. The van der Waals surface area contributed by atoms with Crippen molar-refractivity contribution in [3.63, 3.8) is 0 Å². The number of unbranched alkanes of at least 4 members (excludes halogenated alkanes) is 2. The van der Waals surface area contributed by atoms with Crippen molar-refractivity contribution in [1.82, 2.24) is 5.73 Å². The number of hydrogen-bond acceptors (Lipinski definition) is 2. The minimum absolute atomic E-state index is 0.457. The summed E-state index contributed by atoms with van der Waals surface area (Å²) in [6, 6.07) is 3.69. The molecule has 4 heteroatoms. The average Bonchev–Trinajstić information content (AvgIpc) is 2.23. The lowest BCUT2D eigenvalue weighted by Crippen LogP contribution is -2.31. The molecule has 0 fully saturated rings. The molecule has 1 N–H and O–H groups in total. The quantitative estimate of drug-likeness (QED) is 0.574. The molecule has 0 atom stereocenters. The summed E-state index contributed by atoms with van der Waals surface area (Å²) in [4.78, 5) is 10.4. The Morgan fingerprint density at radius 3 is 2.00 bits per heavy atom. The number of carbonyl (C=O) groups is 1. The van der Waals surface area contributed by atoms with Crippen molar-refractivity contribution in [2.45, 2.75) is 64.2 Å². The van der Waals surface area contributed by atoms with E-state index in [-0.39, 0.29) is 0 Å². The number of hydrogen-bond donors (Lipinski definition) is 0. The van der Waals surface area contributed by atoms with Crippen LogP contribution in [0.15, 0.2) is 0 Å². The number of rotatable bonds is 9. The SMILES string of the molecule is CCCC[Si](C)(CCCC)CCOC([NH])=O. The molecule has 1 amide bonds. The van der Waals surface area contributed by atoms with Crippen LogP contribution >= 0.6 is 0 Å². The van der Waals surface area contributed by atoms with Gasteiger partial charge in [-0.25, -0.2) is 10.5 Å². The van der Waals surface area contributed by atoms with E-state index in [1.165, 1.54) is 37.8 Å². The maximum atomic E-state index is 10.4. The zero-order valence-corrected chi connectivity index (χ0v) is 12.0. The lowest BCUT2D eigenvalue weighted by atomic mass is 10.4. The van der Waals surface area contributed by atoms with Gasteiger partial charge in [0, 0.05) is 0 Å². The summed E-state index contributed by atoms with van der Waals surface area (Å²) in [6.07, 6.45) is 4.19. The third-order valence-electron chi connectivity index (χ3n) is 3.21. The van der Waals surface area contributed by atoms with Gasteiger partial charge in [0.15, 0.2) is 0 Å². The molecule has 95 valence electrons. The Morgan fingerprint density at radius 1 is 1.12 bits per heavy atom. The highest BCUT2D eigenvalue weighted by Crippen LogP contribution is 2.25. The molecular weight excluding hydrogens is 218 g/mol. The smallest absolute Gasteiger partial charge is 0.426 e. The second-order valence-electron chi connectivity index (χ2n) is 4.90. The number of nitrogens with one attached hydrogen (secondary N) is 1. The van der Waals surface area contributed by atoms with Gasteiger partial charge in [-0.1, -0.05) is 58.2 Å². The lowest BCUT2D eigenvalue weighted by Gasteiger charge is -2.27. The molecule has 3 nitrogen and oxygen atoms in total. The molecule has 0 saturated heterocycles. The Morgan fingerprint density at radius 2 is 1.62 bits per heavy atom. The van der Waals surface area contributed by atoms with Gasteiger partial charge in [0.2, 0.25) is 0 Å². The van der Waals surface area contributed by atoms with Gasteiger partial charge in [-0.2, -0.15) is 0 Å². The highest BCUT2D eigenvalue weighted by atomic mass is 28.3. The minimum Gasteiger partial charge on any atom is -0.449 e. The third kappa shape index (κ3) is 7.74. The van der Waals surface area contributed by atoms with Crippen LogP contribution in [0.5, 0.6) is 0 Å². The summed E-state index contributed by atoms with van der Waals surface area (Å²) in [6.45, 7) is 7.31. The van der Waals surface area contributed by atoms with Gasteiger partial charge in [0.1, 0.15) is 0 Å². The third-order valence-corrected chi connectivity index (χ3v) is 7.74. The fourth-order valence-electron chi connectivity index (χ4n) is 1.97. The first kappa shape index (κ1) is 15.5. The number of carbonyl (C=O) groups excluding carboxylic acids is 1. The van der Waals surface area contributed by atoms with Gasteiger partial charge in [0.05, 0.1) is 14.7 Å². The number of ether oxygens (including phenoxy) is 1. The Kier molecular flexibility index (Phi) is 8.34. The van der Waals surface area contributed by atoms with Crippen LogP contribution in [-0.4, -0.2) is 20.8 Å². The normalized spacial score (nSPS) is 11.4. The van der Waals surface area contributed by atoms with Gasteiger partial charge >= 0.3 is 6.09 Å². The topological polar surface area (TPSA) is 50.1 Å². The first-order valence-corrected chi connectivity index (χ1v) is 9.54. The van der Waals surface area contributed by atoms with E-state index in [0.29, 0.717) is 6.61 Å². The maximum absolute atomic E-state index is 10.4. The molecule has 0 heterocycles. The first-order valence-electron chi connectivity index (χ1n) is 6.42. The molecule has 0 aliphatic rings. The molecule has 0 aromatic heterocycles. The summed E-state index contributed by atoms with van der Waals surface area (Å²) in [5, 5.41) is 0. The van der Waals surface area contributed by atoms with E-state index in [9.17, 15) is 4.79 Å². The molecular formula is C12H26NO2Si. The standard InChI is InChI=1S/C12H26NO2Si/c1-4-6-9-16(3,10-7-5-2)11-8-15-12(13)14/h13H,4-11H2,1-3H3. The summed E-state index contributed by atoms with van der Waals surface area (Å²) in [5.41, 5.74) is 6.72. The van der Waals surface area contributed by atoms with Gasteiger partial charge in [-0.15, -0.1) is 0 Å². The van der Waals surface area contributed by atoms with Crippen molar-refractivity contribution in [2.75, 3.05) is 6.61 Å². The molecule has 1 radical (unpaired) electrons. The van der Waals surface area contributed by atoms with Crippen LogP contribution in [0, 0.1) is 0 Å². The van der Waals surface area contributed by atoms with E-state index in [4.69, 9.17) is 10.5 Å². The Bertz CT molecular complexity index is 189. The largest absolute Gasteiger partial charge is 0.449 e. The maximum Gasteiger partial charge on any atom is 0.426 e. The molecule has 0 aliphatic heterocycles. The van der Waals surface area contributed by atoms with Crippen LogP contribution in [0.2, 0.25) is 24.7 Å². The van der Waals surface area contributed by atoms with Crippen molar-refractivity contribution >= 4 is 14.2 Å². The summed E-state index contributed by atoms with van der Waals surface area (Å²) < 4.78 is 4.76. The van der Waals surface area contributed by atoms with Gasteiger partial charge in [-0.3, -0.25) is 0 Å². The van der Waals surface area contributed by atoms with Crippen LogP contribution in [0.25, 0.3) is 0 Å². The Balaban J connectivity index is 4.01. The highest BCUT2D eigenvalue weighted by molar-refractivity contribution is 6.78. The van der Waals surface area contributed by atoms with Crippen molar-refractivity contribution < 1.29 is 9.53 Å². The van der Waals surface area contributed by atoms with Crippen molar-refractivity contribution in [3.8, 4) is 0 Å². The van der Waals surface area contributed by atoms with E-state index in [1.54, 1.807) is 0 Å². The predicted octanol–water partition coefficient (Wildman–Crippen LogP) is 4.08. The summed E-state index contributed by atoms with van der Waals surface area (Å²) in [7, 11) is -1.22. The molecule has 0 aromatic rings. The molecule has 0 saturated carbocycles. The average molecular weight is 244 g/mol. The van der Waals surface area contributed by atoms with Crippen molar-refractivity contribution in [2.24, 2.45) is 0 Å². The van der Waals surface area contributed by atoms with Crippen LogP contribution in [0.1, 0.15) is 39.5 Å². The Labute approximate surface area is 101 Å². The predicted molar refractivity (Wildman–Crippen MR) is 70.3 cm³/mol. The fraction of sp³-hybridized carbons (Fsp3) is 0.917. The van der Waals surface area contributed by atoms with Crippen LogP contribution < -0.4 is 5.73 Å². The van der Waals surface area contributed by atoms with Crippen LogP contribution in [-0.2, 0) is 4.74 Å². The molecule has 0 aromatic carbocycles. The van der Waals surface area contributed by atoms with E-state index in [0.717, 1.165) is 6.04 Å². The monoisotopic (exact) mass is 244 g/mol. The van der Waals surface area contributed by atoms with Crippen molar-refractivity contribution in [1.29, 1.82) is 0 Å². The molecule has 0 rings (SSSR count). The first-order chi connectivity index (χ1) is 7.54. The van der Waals surface area contributed by atoms with Crippen LogP contribution in [0.3, 0.4) is 0 Å². The zero-order chi connectivity index (χ0) is 12.4.